The van der Waals surface area contributed by atoms with Gasteiger partial charge in [-0.25, -0.2) is 14.6 Å². The lowest BCUT2D eigenvalue weighted by atomic mass is 9.63. The van der Waals surface area contributed by atoms with Crippen LogP contribution in [0.3, 0.4) is 0 Å². The van der Waals surface area contributed by atoms with E-state index >= 15 is 0 Å². The molecule has 2 amide bonds. The number of nitrogens with one attached hydrogen (secondary N) is 2. The van der Waals surface area contributed by atoms with Crippen molar-refractivity contribution in [3.63, 3.8) is 0 Å². The van der Waals surface area contributed by atoms with Gasteiger partial charge in [0.05, 0.1) is 6.04 Å². The van der Waals surface area contributed by atoms with E-state index in [0.29, 0.717) is 12.0 Å². The van der Waals surface area contributed by atoms with Crippen molar-refractivity contribution in [1.82, 2.24) is 10.6 Å². The molecule has 3 unspecified atom stereocenters. The second-order valence-corrected chi connectivity index (χ2v) is 9.87. The third-order valence-electron chi connectivity index (χ3n) is 5.64. The van der Waals surface area contributed by atoms with Crippen molar-refractivity contribution in [1.29, 1.82) is 0 Å². The minimum atomic E-state index is -0.0715. The summed E-state index contributed by atoms with van der Waals surface area (Å²) in [7, 11) is 0. The number of urea groups is 1. The Balaban J connectivity index is 1.87. The number of aliphatic imine (C=N–C) groups is 1. The summed E-state index contributed by atoms with van der Waals surface area (Å²) in [5.41, 5.74) is 0.405. The number of hydrogen-bond donors (Lipinski definition) is 2. The summed E-state index contributed by atoms with van der Waals surface area (Å²) in [5.74, 6) is 0. The van der Waals surface area contributed by atoms with Crippen molar-refractivity contribution in [3.05, 3.63) is 0 Å². The highest BCUT2D eigenvalue weighted by Gasteiger charge is 2.41. The van der Waals surface area contributed by atoms with Crippen LogP contribution in [0.4, 0.5) is 4.79 Å². The van der Waals surface area contributed by atoms with Gasteiger partial charge >= 0.3 is 6.03 Å². The van der Waals surface area contributed by atoms with Crippen molar-refractivity contribution < 1.29 is 9.59 Å². The number of carbonyl (C=O) groups excluding carboxylic acids is 2. The van der Waals surface area contributed by atoms with Gasteiger partial charge in [0.15, 0.2) is 0 Å². The van der Waals surface area contributed by atoms with Crippen LogP contribution in [0.5, 0.6) is 0 Å². The van der Waals surface area contributed by atoms with Crippen LogP contribution < -0.4 is 10.6 Å². The number of carbonyl (C=O) groups is 1. The fourth-order valence-corrected chi connectivity index (χ4v) is 4.97. The van der Waals surface area contributed by atoms with Gasteiger partial charge in [-0.3, -0.25) is 0 Å². The molecule has 0 spiro atoms. The smallest absolute Gasteiger partial charge is 0.315 e. The van der Waals surface area contributed by atoms with Crippen molar-refractivity contribution in [3.8, 4) is 0 Å². The minimum absolute atomic E-state index is 0.0109. The van der Waals surface area contributed by atoms with Crippen LogP contribution in [0.15, 0.2) is 4.99 Å². The Morgan fingerprint density at radius 1 is 1.12 bits per heavy atom. The summed E-state index contributed by atoms with van der Waals surface area (Å²) < 4.78 is 0. The van der Waals surface area contributed by atoms with Gasteiger partial charge in [0.25, 0.3) is 0 Å². The standard InChI is InChI=1S/C19H33N3O2/c1-17(2)7-6-14(8-17)22-16(24)20-12-19(5)10-15(21-13-23)9-18(3,4)11-19/h14-15H,6-12H2,1-5H3,(H2,20,22,24). The maximum absolute atomic E-state index is 12.3. The largest absolute Gasteiger partial charge is 0.338 e. The average molecular weight is 335 g/mol. The van der Waals surface area contributed by atoms with E-state index < -0.39 is 0 Å². The Morgan fingerprint density at radius 2 is 1.83 bits per heavy atom. The highest BCUT2D eigenvalue weighted by atomic mass is 16.2. The first-order chi connectivity index (χ1) is 11.0. The summed E-state index contributed by atoms with van der Waals surface area (Å²) in [4.78, 5) is 26.9. The molecule has 3 atom stereocenters. The van der Waals surface area contributed by atoms with E-state index in [2.05, 4.69) is 50.2 Å². The third-order valence-corrected chi connectivity index (χ3v) is 5.64. The fourth-order valence-electron chi connectivity index (χ4n) is 4.97. The zero-order valence-corrected chi connectivity index (χ0v) is 15.9. The second kappa shape index (κ2) is 6.87. The van der Waals surface area contributed by atoms with Gasteiger partial charge in [0.1, 0.15) is 0 Å². The SMILES string of the molecule is CC1(C)CCC(NC(=O)NCC2(C)CC(N=C=O)CC(C)(C)C2)C1. The van der Waals surface area contributed by atoms with Crippen LogP contribution in [0.25, 0.3) is 0 Å². The number of isocyanates is 1. The number of nitrogens with zero attached hydrogens (tertiary/aromatic N) is 1. The maximum atomic E-state index is 12.3. The lowest BCUT2D eigenvalue weighted by molar-refractivity contribution is 0.0849. The van der Waals surface area contributed by atoms with Crippen molar-refractivity contribution >= 4 is 12.1 Å². The first-order valence-corrected chi connectivity index (χ1v) is 9.14. The summed E-state index contributed by atoms with van der Waals surface area (Å²) >= 11 is 0. The lowest BCUT2D eigenvalue weighted by Crippen LogP contribution is -2.48. The molecule has 2 fully saturated rings. The van der Waals surface area contributed by atoms with Crippen LogP contribution in [-0.4, -0.2) is 30.7 Å². The molecule has 2 N–H and O–H groups in total. The van der Waals surface area contributed by atoms with Gasteiger partial charge in [-0.1, -0.05) is 34.6 Å². The molecule has 0 heterocycles. The molecule has 0 saturated heterocycles. The summed E-state index contributed by atoms with van der Waals surface area (Å²) in [6.07, 6.45) is 7.71. The molecule has 0 bridgehead atoms. The number of rotatable bonds is 4. The van der Waals surface area contributed by atoms with E-state index in [-0.39, 0.29) is 28.9 Å². The zero-order valence-electron chi connectivity index (χ0n) is 15.9. The topological polar surface area (TPSA) is 70.6 Å². The predicted molar refractivity (Wildman–Crippen MR) is 95.6 cm³/mol. The second-order valence-electron chi connectivity index (χ2n) is 9.87. The Kier molecular flexibility index (Phi) is 5.44. The van der Waals surface area contributed by atoms with E-state index in [0.717, 1.165) is 38.5 Å². The number of hydrogen-bond acceptors (Lipinski definition) is 3. The summed E-state index contributed by atoms with van der Waals surface area (Å²) in [5, 5.41) is 6.17. The Hall–Kier alpha value is -1.35. The van der Waals surface area contributed by atoms with E-state index in [1.54, 1.807) is 6.08 Å². The van der Waals surface area contributed by atoms with Crippen LogP contribution in [0, 0.1) is 16.2 Å². The molecule has 5 nitrogen and oxygen atoms in total. The molecule has 2 rings (SSSR count). The van der Waals surface area contributed by atoms with E-state index in [9.17, 15) is 9.59 Å². The van der Waals surface area contributed by atoms with E-state index in [4.69, 9.17) is 0 Å². The summed E-state index contributed by atoms with van der Waals surface area (Å²) in [6, 6.07) is 0.220. The molecule has 136 valence electrons. The van der Waals surface area contributed by atoms with E-state index in [1.807, 2.05) is 0 Å². The monoisotopic (exact) mass is 335 g/mol. The van der Waals surface area contributed by atoms with Gasteiger partial charge in [0, 0.05) is 12.6 Å². The molecule has 5 heteroatoms. The molecule has 0 aromatic rings. The van der Waals surface area contributed by atoms with Crippen LogP contribution >= 0.6 is 0 Å². The van der Waals surface area contributed by atoms with Crippen LogP contribution in [0.1, 0.15) is 73.1 Å². The molecule has 0 aliphatic heterocycles. The van der Waals surface area contributed by atoms with Crippen molar-refractivity contribution in [2.24, 2.45) is 21.2 Å². The Morgan fingerprint density at radius 3 is 2.42 bits per heavy atom. The zero-order chi connectivity index (χ0) is 18.0. The molecule has 2 aliphatic carbocycles. The molecular weight excluding hydrogens is 302 g/mol. The van der Waals surface area contributed by atoms with Gasteiger partial charge in [-0.2, -0.15) is 0 Å². The molecule has 0 radical (unpaired) electrons. The first kappa shape index (κ1) is 19.0. The molecule has 2 saturated carbocycles. The first-order valence-electron chi connectivity index (χ1n) is 9.14. The van der Waals surface area contributed by atoms with Gasteiger partial charge in [-0.15, -0.1) is 0 Å². The Bertz CT molecular complexity index is 523. The van der Waals surface area contributed by atoms with Crippen LogP contribution in [-0.2, 0) is 4.79 Å². The van der Waals surface area contributed by atoms with Gasteiger partial charge < -0.3 is 10.6 Å². The maximum Gasteiger partial charge on any atom is 0.315 e. The third kappa shape index (κ3) is 5.34. The molecular formula is C19H33N3O2. The van der Waals surface area contributed by atoms with Crippen molar-refractivity contribution in [2.75, 3.05) is 6.54 Å². The molecule has 2 aliphatic rings. The number of amides is 2. The Labute approximate surface area is 146 Å². The normalized spacial score (nSPS) is 34.2. The summed E-state index contributed by atoms with van der Waals surface area (Å²) in [6.45, 7) is 11.7. The molecule has 24 heavy (non-hydrogen) atoms. The van der Waals surface area contributed by atoms with E-state index in [1.165, 1.54) is 0 Å². The van der Waals surface area contributed by atoms with Crippen LogP contribution in [0.2, 0.25) is 0 Å². The molecule has 0 aromatic carbocycles. The fraction of sp³-hybridized carbons (Fsp3) is 0.895. The predicted octanol–water partition coefficient (Wildman–Crippen LogP) is 3.79. The van der Waals surface area contributed by atoms with Gasteiger partial charge in [0.2, 0.25) is 6.08 Å². The lowest BCUT2D eigenvalue weighted by Gasteiger charge is -2.45. The quantitative estimate of drug-likeness (QED) is 0.606. The highest BCUT2D eigenvalue weighted by Crippen LogP contribution is 2.46. The molecule has 0 aromatic heterocycles. The van der Waals surface area contributed by atoms with Gasteiger partial charge in [-0.05, 0) is 54.8 Å². The minimum Gasteiger partial charge on any atom is -0.338 e. The average Bonchev–Trinajstić information content (AvgIpc) is 2.74. The van der Waals surface area contributed by atoms with Crippen molar-refractivity contribution in [2.45, 2.75) is 85.2 Å². The highest BCUT2D eigenvalue weighted by molar-refractivity contribution is 5.74.